The fraction of sp³-hybridized carbons (Fsp3) is 0.231. The van der Waals surface area contributed by atoms with Crippen molar-refractivity contribution in [3.05, 3.63) is 36.3 Å². The number of hydrogen-bond donors (Lipinski definition) is 1. The summed E-state index contributed by atoms with van der Waals surface area (Å²) in [5, 5.41) is 5.07. The maximum Gasteiger partial charge on any atom is 0.260 e. The molecule has 1 N–H and O–H groups in total. The molecule has 0 aliphatic carbocycles. The van der Waals surface area contributed by atoms with Gasteiger partial charge in [0.25, 0.3) is 5.89 Å². The van der Waals surface area contributed by atoms with E-state index in [2.05, 4.69) is 15.1 Å². The van der Waals surface area contributed by atoms with Gasteiger partial charge in [-0.05, 0) is 12.1 Å². The molecular weight excluding hydrogens is 230 g/mol. The van der Waals surface area contributed by atoms with Crippen LogP contribution in [-0.2, 0) is 11.2 Å². The number of aromatic amines is 1. The molecule has 0 fully saturated rings. The molecular formula is C13H13N3O2. The number of fused-ring (bicyclic) bond motifs is 1. The molecule has 92 valence electrons. The molecule has 0 bridgehead atoms. The van der Waals surface area contributed by atoms with Gasteiger partial charge in [-0.15, -0.1) is 0 Å². The molecule has 3 aromatic rings. The molecule has 0 radical (unpaired) electrons. The van der Waals surface area contributed by atoms with Crippen LogP contribution < -0.4 is 0 Å². The summed E-state index contributed by atoms with van der Waals surface area (Å²) in [4.78, 5) is 7.56. The minimum atomic E-state index is 0.536. The first kappa shape index (κ1) is 11.0. The maximum atomic E-state index is 5.29. The lowest BCUT2D eigenvalue weighted by Crippen LogP contribution is -1.96. The molecule has 0 atom stereocenters. The summed E-state index contributed by atoms with van der Waals surface area (Å²) in [5.74, 6) is 1.20. The van der Waals surface area contributed by atoms with E-state index in [1.165, 1.54) is 0 Å². The number of ether oxygens (including phenoxy) is 1. The van der Waals surface area contributed by atoms with Crippen molar-refractivity contribution in [2.24, 2.45) is 0 Å². The summed E-state index contributed by atoms with van der Waals surface area (Å²) in [6.45, 7) is 0.589. The zero-order valence-electron chi connectivity index (χ0n) is 10.0. The Hall–Kier alpha value is -2.14. The van der Waals surface area contributed by atoms with Crippen molar-refractivity contribution in [2.75, 3.05) is 13.7 Å². The van der Waals surface area contributed by atoms with Crippen LogP contribution in [-0.4, -0.2) is 28.8 Å². The van der Waals surface area contributed by atoms with E-state index >= 15 is 0 Å². The van der Waals surface area contributed by atoms with Gasteiger partial charge in [0, 0.05) is 25.1 Å². The molecule has 0 saturated heterocycles. The quantitative estimate of drug-likeness (QED) is 0.764. The number of aromatic nitrogens is 3. The van der Waals surface area contributed by atoms with Gasteiger partial charge in [0.15, 0.2) is 5.82 Å². The highest BCUT2D eigenvalue weighted by Crippen LogP contribution is 2.26. The number of methoxy groups -OCH3 is 1. The predicted octanol–water partition coefficient (Wildman–Crippen LogP) is 2.41. The Morgan fingerprint density at radius 2 is 2.28 bits per heavy atom. The highest BCUT2D eigenvalue weighted by Gasteiger charge is 2.12. The lowest BCUT2D eigenvalue weighted by Gasteiger charge is -1.96. The summed E-state index contributed by atoms with van der Waals surface area (Å²) in [7, 11) is 1.65. The van der Waals surface area contributed by atoms with Crippen LogP contribution >= 0.6 is 0 Å². The molecule has 1 aromatic carbocycles. The molecule has 0 spiro atoms. The molecule has 0 aliphatic heterocycles. The van der Waals surface area contributed by atoms with E-state index in [0.29, 0.717) is 24.7 Å². The third kappa shape index (κ3) is 1.89. The Labute approximate surface area is 104 Å². The van der Waals surface area contributed by atoms with Crippen molar-refractivity contribution in [1.29, 1.82) is 0 Å². The smallest absolute Gasteiger partial charge is 0.260 e. The summed E-state index contributed by atoms with van der Waals surface area (Å²) in [5.41, 5.74) is 1.94. The Morgan fingerprint density at radius 1 is 1.33 bits per heavy atom. The van der Waals surface area contributed by atoms with Crippen molar-refractivity contribution >= 4 is 10.9 Å². The zero-order valence-corrected chi connectivity index (χ0v) is 10.0. The van der Waals surface area contributed by atoms with Gasteiger partial charge in [-0.25, -0.2) is 0 Å². The molecule has 0 unspecified atom stereocenters. The molecule has 18 heavy (non-hydrogen) atoms. The van der Waals surface area contributed by atoms with Gasteiger partial charge < -0.3 is 14.2 Å². The van der Waals surface area contributed by atoms with Crippen molar-refractivity contribution in [1.82, 2.24) is 15.1 Å². The summed E-state index contributed by atoms with van der Waals surface area (Å²) >= 11 is 0. The fourth-order valence-corrected chi connectivity index (χ4v) is 1.92. The van der Waals surface area contributed by atoms with Crippen LogP contribution in [0.15, 0.2) is 35.0 Å². The van der Waals surface area contributed by atoms with Crippen LogP contribution in [0.5, 0.6) is 0 Å². The van der Waals surface area contributed by atoms with Crippen molar-refractivity contribution < 1.29 is 9.26 Å². The number of nitrogens with zero attached hydrogens (tertiary/aromatic N) is 2. The number of H-pyrrole nitrogens is 1. The van der Waals surface area contributed by atoms with Gasteiger partial charge in [-0.3, -0.25) is 0 Å². The SMILES string of the molecule is COCCc1noc(-c2cccc3cc[nH]c23)n1. The molecule has 5 heteroatoms. The zero-order chi connectivity index (χ0) is 12.4. The third-order valence-electron chi connectivity index (χ3n) is 2.82. The van der Waals surface area contributed by atoms with E-state index in [1.54, 1.807) is 7.11 Å². The maximum absolute atomic E-state index is 5.29. The Kier molecular flexibility index (Phi) is 2.82. The first-order valence-corrected chi connectivity index (χ1v) is 5.76. The van der Waals surface area contributed by atoms with E-state index < -0.39 is 0 Å². The highest BCUT2D eigenvalue weighted by molar-refractivity contribution is 5.91. The second kappa shape index (κ2) is 4.62. The lowest BCUT2D eigenvalue weighted by molar-refractivity contribution is 0.199. The number of rotatable bonds is 4. The van der Waals surface area contributed by atoms with Crippen LogP contribution in [0.25, 0.3) is 22.4 Å². The summed E-state index contributed by atoms with van der Waals surface area (Å²) in [6, 6.07) is 8.00. The average molecular weight is 243 g/mol. The van der Waals surface area contributed by atoms with Gasteiger partial charge in [0.05, 0.1) is 17.7 Å². The molecule has 3 rings (SSSR count). The monoisotopic (exact) mass is 243 g/mol. The van der Waals surface area contributed by atoms with Crippen molar-refractivity contribution in [2.45, 2.75) is 6.42 Å². The van der Waals surface area contributed by atoms with Gasteiger partial charge >= 0.3 is 0 Å². The average Bonchev–Trinajstić information content (AvgIpc) is 3.04. The Bertz CT molecular complexity index is 657. The molecule has 0 amide bonds. The second-order valence-corrected chi connectivity index (χ2v) is 4.01. The van der Waals surface area contributed by atoms with Gasteiger partial charge in [0.1, 0.15) is 0 Å². The molecule has 5 nitrogen and oxygen atoms in total. The largest absolute Gasteiger partial charge is 0.384 e. The summed E-state index contributed by atoms with van der Waals surface area (Å²) < 4.78 is 10.3. The van der Waals surface area contributed by atoms with Crippen LogP contribution in [0, 0.1) is 0 Å². The highest BCUT2D eigenvalue weighted by atomic mass is 16.5. The van der Waals surface area contributed by atoms with Crippen LogP contribution in [0.3, 0.4) is 0 Å². The van der Waals surface area contributed by atoms with E-state index in [4.69, 9.17) is 9.26 Å². The van der Waals surface area contributed by atoms with Crippen molar-refractivity contribution in [3.63, 3.8) is 0 Å². The van der Waals surface area contributed by atoms with Crippen LogP contribution in [0.4, 0.5) is 0 Å². The number of nitrogens with one attached hydrogen (secondary N) is 1. The Balaban J connectivity index is 1.98. The number of para-hydroxylation sites is 1. The van der Waals surface area contributed by atoms with Crippen LogP contribution in [0.1, 0.15) is 5.82 Å². The molecule has 0 aliphatic rings. The third-order valence-corrected chi connectivity index (χ3v) is 2.82. The van der Waals surface area contributed by atoms with Gasteiger partial charge in [0.2, 0.25) is 0 Å². The molecule has 2 heterocycles. The number of benzene rings is 1. The standard InChI is InChI=1S/C13H13N3O2/c1-17-8-6-11-15-13(18-16-11)10-4-2-3-9-5-7-14-12(9)10/h2-5,7,14H,6,8H2,1H3. The topological polar surface area (TPSA) is 63.9 Å². The van der Waals surface area contributed by atoms with E-state index in [-0.39, 0.29) is 0 Å². The van der Waals surface area contributed by atoms with E-state index in [0.717, 1.165) is 16.5 Å². The van der Waals surface area contributed by atoms with Crippen molar-refractivity contribution in [3.8, 4) is 11.5 Å². The van der Waals surface area contributed by atoms with E-state index in [9.17, 15) is 0 Å². The van der Waals surface area contributed by atoms with Crippen LogP contribution in [0.2, 0.25) is 0 Å². The Morgan fingerprint density at radius 3 is 3.17 bits per heavy atom. The van der Waals surface area contributed by atoms with E-state index in [1.807, 2.05) is 30.5 Å². The van der Waals surface area contributed by atoms with Gasteiger partial charge in [-0.2, -0.15) is 4.98 Å². The minimum absolute atomic E-state index is 0.536. The minimum Gasteiger partial charge on any atom is -0.384 e. The normalized spacial score (nSPS) is 11.2. The fourth-order valence-electron chi connectivity index (χ4n) is 1.92. The summed E-state index contributed by atoms with van der Waals surface area (Å²) in [6.07, 6.45) is 2.55. The first-order chi connectivity index (χ1) is 8.88. The lowest BCUT2D eigenvalue weighted by atomic mass is 10.1. The predicted molar refractivity (Wildman–Crippen MR) is 67.2 cm³/mol. The first-order valence-electron chi connectivity index (χ1n) is 5.76. The number of hydrogen-bond acceptors (Lipinski definition) is 4. The molecule has 2 aromatic heterocycles. The molecule has 0 saturated carbocycles. The van der Waals surface area contributed by atoms with Gasteiger partial charge in [-0.1, -0.05) is 17.3 Å². The second-order valence-electron chi connectivity index (χ2n) is 4.01.